The van der Waals surface area contributed by atoms with Crippen LogP contribution in [0.3, 0.4) is 0 Å². The molecule has 0 aliphatic rings. The van der Waals surface area contributed by atoms with Gasteiger partial charge < -0.3 is 4.90 Å². The topological polar surface area (TPSA) is 49.4 Å². The third-order valence-electron chi connectivity index (χ3n) is 3.08. The van der Waals surface area contributed by atoms with Crippen LogP contribution < -0.4 is 9.62 Å². The number of hydrogen-bond donors (Lipinski definition) is 1. The number of benzene rings is 2. The molecule has 112 valence electrons. The smallest absolute Gasteiger partial charge is 0.261 e. The van der Waals surface area contributed by atoms with Gasteiger partial charge in [0.05, 0.1) is 10.6 Å². The maximum atomic E-state index is 12.4. The van der Waals surface area contributed by atoms with Crippen LogP contribution in [0.4, 0.5) is 11.4 Å². The van der Waals surface area contributed by atoms with Crippen LogP contribution in [0.5, 0.6) is 0 Å². The van der Waals surface area contributed by atoms with Crippen molar-refractivity contribution in [3.63, 3.8) is 0 Å². The van der Waals surface area contributed by atoms with Gasteiger partial charge in [0.1, 0.15) is 0 Å². The molecule has 0 aliphatic heterocycles. The Morgan fingerprint density at radius 2 is 1.81 bits per heavy atom. The van der Waals surface area contributed by atoms with E-state index in [9.17, 15) is 8.42 Å². The Labute approximate surface area is 134 Å². The van der Waals surface area contributed by atoms with E-state index in [0.29, 0.717) is 5.69 Å². The van der Waals surface area contributed by atoms with Gasteiger partial charge >= 0.3 is 0 Å². The quantitative estimate of drug-likeness (QED) is 0.896. The molecule has 0 bridgehead atoms. The summed E-state index contributed by atoms with van der Waals surface area (Å²) in [5.74, 6) is 0. The van der Waals surface area contributed by atoms with Gasteiger partial charge in [-0.15, -0.1) is 0 Å². The summed E-state index contributed by atoms with van der Waals surface area (Å²) in [6, 6.07) is 12.2. The van der Waals surface area contributed by atoms with Crippen molar-refractivity contribution in [3.8, 4) is 0 Å². The van der Waals surface area contributed by atoms with Gasteiger partial charge in [0.25, 0.3) is 10.0 Å². The molecule has 1 N–H and O–H groups in total. The maximum Gasteiger partial charge on any atom is 0.261 e. The van der Waals surface area contributed by atoms with E-state index in [1.807, 2.05) is 38.1 Å². The Hall–Kier alpha value is -1.53. The van der Waals surface area contributed by atoms with Crippen molar-refractivity contribution in [1.29, 1.82) is 0 Å². The number of hydrogen-bond acceptors (Lipinski definition) is 3. The van der Waals surface area contributed by atoms with Crippen LogP contribution in [-0.4, -0.2) is 22.5 Å². The van der Waals surface area contributed by atoms with Crippen LogP contribution in [0.15, 0.2) is 51.8 Å². The highest BCUT2D eigenvalue weighted by molar-refractivity contribution is 9.10. The molecule has 6 heteroatoms. The van der Waals surface area contributed by atoms with Gasteiger partial charge in [0.15, 0.2) is 0 Å². The van der Waals surface area contributed by atoms with Gasteiger partial charge in [-0.3, -0.25) is 4.72 Å². The summed E-state index contributed by atoms with van der Waals surface area (Å²) in [4.78, 5) is 2.20. The fraction of sp³-hybridized carbons (Fsp3) is 0.200. The number of nitrogens with zero attached hydrogens (tertiary/aromatic N) is 1. The zero-order valence-electron chi connectivity index (χ0n) is 12.1. The summed E-state index contributed by atoms with van der Waals surface area (Å²) in [6.45, 7) is 1.88. The molecule has 2 aromatic carbocycles. The summed E-state index contributed by atoms with van der Waals surface area (Å²) < 4.78 is 28.1. The molecule has 0 radical (unpaired) electrons. The highest BCUT2D eigenvalue weighted by atomic mass is 79.9. The van der Waals surface area contributed by atoms with Gasteiger partial charge in [-0.05, 0) is 48.9 Å². The average molecular weight is 369 g/mol. The molecule has 0 aliphatic carbocycles. The third-order valence-corrected chi connectivity index (χ3v) is 4.93. The predicted molar refractivity (Wildman–Crippen MR) is 90.5 cm³/mol. The van der Waals surface area contributed by atoms with Crippen LogP contribution in [0.2, 0.25) is 0 Å². The molecule has 0 unspecified atom stereocenters. The minimum Gasteiger partial charge on any atom is -0.378 e. The first kappa shape index (κ1) is 15.9. The van der Waals surface area contributed by atoms with Crippen LogP contribution >= 0.6 is 15.9 Å². The van der Waals surface area contributed by atoms with Crippen molar-refractivity contribution in [2.45, 2.75) is 11.8 Å². The molecule has 0 atom stereocenters. The summed E-state index contributed by atoms with van der Waals surface area (Å²) in [7, 11) is 0.304. The fourth-order valence-electron chi connectivity index (χ4n) is 1.88. The Balaban J connectivity index is 2.33. The zero-order chi connectivity index (χ0) is 15.6. The molecule has 0 saturated carbocycles. The molecular formula is C15H17BrN2O2S. The molecule has 2 rings (SSSR count). The second-order valence-corrected chi connectivity index (χ2v) is 7.55. The van der Waals surface area contributed by atoms with Gasteiger partial charge in [0.2, 0.25) is 0 Å². The monoisotopic (exact) mass is 368 g/mol. The van der Waals surface area contributed by atoms with Gasteiger partial charge in [0, 0.05) is 24.3 Å². The molecular weight excluding hydrogens is 352 g/mol. The number of sulfonamides is 1. The van der Waals surface area contributed by atoms with Crippen molar-refractivity contribution >= 4 is 37.3 Å². The first-order chi connectivity index (χ1) is 9.79. The number of anilines is 2. The van der Waals surface area contributed by atoms with Crippen LogP contribution in [0, 0.1) is 6.92 Å². The molecule has 0 saturated heterocycles. The van der Waals surface area contributed by atoms with Crippen molar-refractivity contribution < 1.29 is 8.42 Å². The van der Waals surface area contributed by atoms with Gasteiger partial charge in [-0.1, -0.05) is 22.0 Å². The van der Waals surface area contributed by atoms with Crippen LogP contribution in [0.1, 0.15) is 5.56 Å². The minimum atomic E-state index is -3.59. The lowest BCUT2D eigenvalue weighted by Crippen LogP contribution is -2.14. The standard InChI is InChI=1S/C15H17BrN2O2S/c1-11-9-13(18(2)3)7-8-15(11)17-21(19,20)14-6-4-5-12(16)10-14/h4-10,17H,1-3H3. The predicted octanol–water partition coefficient (Wildman–Crippen LogP) is 3.62. The van der Waals surface area contributed by atoms with Crippen LogP contribution in [0.25, 0.3) is 0 Å². The lowest BCUT2D eigenvalue weighted by molar-refractivity contribution is 0.601. The van der Waals surface area contributed by atoms with E-state index >= 15 is 0 Å². The van der Waals surface area contributed by atoms with E-state index in [-0.39, 0.29) is 4.90 Å². The normalized spacial score (nSPS) is 11.2. The summed E-state index contributed by atoms with van der Waals surface area (Å²) in [6.07, 6.45) is 0. The second-order valence-electron chi connectivity index (χ2n) is 4.96. The number of rotatable bonds is 4. The Bertz CT molecular complexity index is 758. The molecule has 0 spiro atoms. The Morgan fingerprint density at radius 1 is 1.10 bits per heavy atom. The van der Waals surface area contributed by atoms with Crippen molar-refractivity contribution in [2.75, 3.05) is 23.7 Å². The van der Waals surface area contributed by atoms with E-state index < -0.39 is 10.0 Å². The average Bonchev–Trinajstić information content (AvgIpc) is 2.40. The van der Waals surface area contributed by atoms with Gasteiger partial charge in [-0.25, -0.2) is 8.42 Å². The highest BCUT2D eigenvalue weighted by Crippen LogP contribution is 2.25. The molecule has 21 heavy (non-hydrogen) atoms. The van der Waals surface area contributed by atoms with Gasteiger partial charge in [-0.2, -0.15) is 0 Å². The number of aryl methyl sites for hydroxylation is 1. The van der Waals surface area contributed by atoms with E-state index in [1.165, 1.54) is 0 Å². The largest absolute Gasteiger partial charge is 0.378 e. The lowest BCUT2D eigenvalue weighted by Gasteiger charge is -2.16. The molecule has 4 nitrogen and oxygen atoms in total. The number of nitrogens with one attached hydrogen (secondary N) is 1. The lowest BCUT2D eigenvalue weighted by atomic mass is 10.2. The summed E-state index contributed by atoms with van der Waals surface area (Å²) in [5, 5.41) is 0. The SMILES string of the molecule is Cc1cc(N(C)C)ccc1NS(=O)(=O)c1cccc(Br)c1. The minimum absolute atomic E-state index is 0.230. The Morgan fingerprint density at radius 3 is 2.38 bits per heavy atom. The van der Waals surface area contributed by atoms with Crippen molar-refractivity contribution in [2.24, 2.45) is 0 Å². The third kappa shape index (κ3) is 3.77. The van der Waals surface area contributed by atoms with E-state index in [4.69, 9.17) is 0 Å². The van der Waals surface area contributed by atoms with Crippen molar-refractivity contribution in [1.82, 2.24) is 0 Å². The summed E-state index contributed by atoms with van der Waals surface area (Å²) >= 11 is 3.28. The summed E-state index contributed by atoms with van der Waals surface area (Å²) in [5.41, 5.74) is 2.48. The van der Waals surface area contributed by atoms with E-state index in [1.54, 1.807) is 30.3 Å². The Kier molecular flexibility index (Phi) is 4.58. The first-order valence-corrected chi connectivity index (χ1v) is 8.63. The van der Waals surface area contributed by atoms with E-state index in [2.05, 4.69) is 20.7 Å². The molecule has 0 amide bonds. The fourth-order valence-corrected chi connectivity index (χ4v) is 3.61. The molecule has 0 fully saturated rings. The second kappa shape index (κ2) is 6.07. The molecule has 0 aromatic heterocycles. The molecule has 2 aromatic rings. The highest BCUT2D eigenvalue weighted by Gasteiger charge is 2.15. The molecule has 0 heterocycles. The van der Waals surface area contributed by atoms with Crippen molar-refractivity contribution in [3.05, 3.63) is 52.5 Å². The maximum absolute atomic E-state index is 12.4. The van der Waals surface area contributed by atoms with E-state index in [0.717, 1.165) is 15.7 Å². The van der Waals surface area contributed by atoms with Crippen LogP contribution in [-0.2, 0) is 10.0 Å². The number of halogens is 1. The first-order valence-electron chi connectivity index (χ1n) is 6.36. The zero-order valence-corrected chi connectivity index (χ0v) is 14.5.